The molecular weight excluding hydrogens is 372 g/mol. The third-order valence-corrected chi connectivity index (χ3v) is 6.44. The Hall–Kier alpha value is -3.73. The van der Waals surface area contributed by atoms with Crippen molar-refractivity contribution in [3.63, 3.8) is 0 Å². The van der Waals surface area contributed by atoms with E-state index < -0.39 is 0 Å². The predicted molar refractivity (Wildman–Crippen MR) is 115 cm³/mol. The number of nitrogens with zero attached hydrogens (tertiary/aromatic N) is 4. The van der Waals surface area contributed by atoms with Crippen molar-refractivity contribution in [1.29, 1.82) is 0 Å². The van der Waals surface area contributed by atoms with Gasteiger partial charge < -0.3 is 9.47 Å². The van der Waals surface area contributed by atoms with E-state index >= 15 is 0 Å². The Labute approximate surface area is 174 Å². The summed E-state index contributed by atoms with van der Waals surface area (Å²) >= 11 is 0. The van der Waals surface area contributed by atoms with E-state index in [2.05, 4.69) is 51.3 Å². The zero-order chi connectivity index (χ0) is 20.3. The van der Waals surface area contributed by atoms with Gasteiger partial charge in [-0.15, -0.1) is 0 Å². The molecule has 5 heteroatoms. The molecular formula is C25H20N4O. The first-order valence-electron chi connectivity index (χ1n) is 10.2. The summed E-state index contributed by atoms with van der Waals surface area (Å²) in [5.74, 6) is 0.0620. The van der Waals surface area contributed by atoms with Crippen molar-refractivity contribution in [2.24, 2.45) is 0 Å². The Morgan fingerprint density at radius 2 is 1.73 bits per heavy atom. The summed E-state index contributed by atoms with van der Waals surface area (Å²) in [4.78, 5) is 15.4. The van der Waals surface area contributed by atoms with Crippen molar-refractivity contribution in [1.82, 2.24) is 19.7 Å². The fourth-order valence-corrected chi connectivity index (χ4v) is 4.62. The summed E-state index contributed by atoms with van der Waals surface area (Å²) in [6.45, 7) is 0. The molecule has 5 nitrogen and oxygen atoms in total. The van der Waals surface area contributed by atoms with E-state index in [0.717, 1.165) is 40.9 Å². The van der Waals surface area contributed by atoms with Gasteiger partial charge >= 0.3 is 0 Å². The van der Waals surface area contributed by atoms with Crippen molar-refractivity contribution in [2.45, 2.75) is 18.4 Å². The lowest BCUT2D eigenvalue weighted by atomic mass is 9.98. The number of hydrogen-bond donors (Lipinski definition) is 0. The van der Waals surface area contributed by atoms with E-state index in [0.29, 0.717) is 5.69 Å². The molecule has 3 heterocycles. The van der Waals surface area contributed by atoms with Gasteiger partial charge in [-0.05, 0) is 42.7 Å². The van der Waals surface area contributed by atoms with Gasteiger partial charge in [0.2, 0.25) is 0 Å². The van der Waals surface area contributed by atoms with Crippen LogP contribution >= 0.6 is 0 Å². The van der Waals surface area contributed by atoms with Crippen LogP contribution in [0.2, 0.25) is 0 Å². The second-order valence-corrected chi connectivity index (χ2v) is 8.09. The standard InChI is InChI=1S/C25H20N4O/c1-28-24(30)23-15-19(17-6-3-2-4-7-17)16-29(23)22-14-18(21-8-5-13-26-27-21)9-10-20(22)25(28)11-12-25/h2-10,13-16H,11-12H2,1H3. The number of benzene rings is 2. The van der Waals surface area contributed by atoms with Gasteiger partial charge in [-0.25, -0.2) is 0 Å². The lowest BCUT2D eigenvalue weighted by Crippen LogP contribution is -2.36. The third kappa shape index (κ3) is 2.38. The topological polar surface area (TPSA) is 51.0 Å². The second-order valence-electron chi connectivity index (χ2n) is 8.09. The number of hydrogen-bond acceptors (Lipinski definition) is 3. The van der Waals surface area contributed by atoms with E-state index in [4.69, 9.17) is 0 Å². The SMILES string of the molecule is CN1C(=O)c2cc(-c3ccccc3)cn2-c2cc(-c3cccnn3)ccc2C12CC2. The van der Waals surface area contributed by atoms with Crippen LogP contribution in [0.4, 0.5) is 0 Å². The molecule has 1 aliphatic carbocycles. The Morgan fingerprint density at radius 1 is 0.900 bits per heavy atom. The summed E-state index contributed by atoms with van der Waals surface area (Å²) in [6.07, 6.45) is 5.74. The Balaban J connectivity index is 1.60. The number of fused-ring (bicyclic) bond motifs is 4. The molecule has 146 valence electrons. The van der Waals surface area contributed by atoms with Crippen molar-refractivity contribution >= 4 is 5.91 Å². The summed E-state index contributed by atoms with van der Waals surface area (Å²) in [5.41, 5.74) is 6.68. The zero-order valence-corrected chi connectivity index (χ0v) is 16.6. The molecule has 1 spiro atoms. The molecule has 2 aliphatic rings. The Morgan fingerprint density at radius 3 is 2.47 bits per heavy atom. The molecule has 0 saturated heterocycles. The van der Waals surface area contributed by atoms with E-state index in [1.165, 1.54) is 5.56 Å². The van der Waals surface area contributed by atoms with Crippen LogP contribution in [-0.4, -0.2) is 32.6 Å². The summed E-state index contributed by atoms with van der Waals surface area (Å²) in [5, 5.41) is 8.30. The first-order chi connectivity index (χ1) is 14.7. The van der Waals surface area contributed by atoms with Gasteiger partial charge in [0.05, 0.1) is 16.9 Å². The molecule has 0 unspecified atom stereocenters. The van der Waals surface area contributed by atoms with Crippen LogP contribution < -0.4 is 0 Å². The summed E-state index contributed by atoms with van der Waals surface area (Å²) in [6, 6.07) is 22.4. The van der Waals surface area contributed by atoms with E-state index in [1.54, 1.807) is 6.20 Å². The van der Waals surface area contributed by atoms with E-state index in [1.807, 2.05) is 48.3 Å². The predicted octanol–water partition coefficient (Wildman–Crippen LogP) is 4.68. The molecule has 2 aromatic carbocycles. The first-order valence-corrected chi connectivity index (χ1v) is 10.2. The molecule has 1 saturated carbocycles. The molecule has 0 N–H and O–H groups in total. The van der Waals surface area contributed by atoms with E-state index in [-0.39, 0.29) is 11.4 Å². The van der Waals surface area contributed by atoms with Crippen LogP contribution in [-0.2, 0) is 5.54 Å². The lowest BCUT2D eigenvalue weighted by molar-refractivity contribution is 0.0705. The van der Waals surface area contributed by atoms with Crippen LogP contribution in [0.1, 0.15) is 28.9 Å². The molecule has 6 rings (SSSR count). The smallest absolute Gasteiger partial charge is 0.271 e. The molecule has 1 aliphatic heterocycles. The molecule has 0 atom stereocenters. The van der Waals surface area contributed by atoms with Crippen LogP contribution in [0.15, 0.2) is 79.1 Å². The van der Waals surface area contributed by atoms with Gasteiger partial charge in [-0.3, -0.25) is 4.79 Å². The third-order valence-electron chi connectivity index (χ3n) is 6.44. The largest absolute Gasteiger partial charge is 0.331 e. The van der Waals surface area contributed by atoms with Crippen molar-refractivity contribution in [2.75, 3.05) is 7.05 Å². The quantitative estimate of drug-likeness (QED) is 0.498. The maximum Gasteiger partial charge on any atom is 0.271 e. The van der Waals surface area contributed by atoms with E-state index in [9.17, 15) is 4.79 Å². The highest BCUT2D eigenvalue weighted by molar-refractivity contribution is 5.97. The van der Waals surface area contributed by atoms with Crippen LogP contribution in [0, 0.1) is 0 Å². The average Bonchev–Trinajstić information content (AvgIpc) is 3.50. The van der Waals surface area contributed by atoms with Gasteiger partial charge in [-0.1, -0.05) is 42.5 Å². The minimum atomic E-state index is -0.209. The van der Waals surface area contributed by atoms with Crippen molar-refractivity contribution in [3.8, 4) is 28.1 Å². The number of amides is 1. The minimum absolute atomic E-state index is 0.0620. The number of aromatic nitrogens is 3. The minimum Gasteiger partial charge on any atom is -0.331 e. The first kappa shape index (κ1) is 17.2. The molecule has 30 heavy (non-hydrogen) atoms. The van der Waals surface area contributed by atoms with Gasteiger partial charge in [-0.2, -0.15) is 10.2 Å². The monoisotopic (exact) mass is 392 g/mol. The van der Waals surface area contributed by atoms with Gasteiger partial charge in [0.25, 0.3) is 5.91 Å². The summed E-state index contributed by atoms with van der Waals surface area (Å²) in [7, 11) is 1.93. The number of carbonyl (C=O) groups is 1. The lowest BCUT2D eigenvalue weighted by Gasteiger charge is -2.27. The maximum atomic E-state index is 13.4. The molecule has 1 amide bonds. The molecule has 1 fully saturated rings. The molecule has 2 aromatic heterocycles. The van der Waals surface area contributed by atoms with Crippen LogP contribution in [0.25, 0.3) is 28.1 Å². The number of rotatable bonds is 2. The highest BCUT2D eigenvalue weighted by atomic mass is 16.2. The highest BCUT2D eigenvalue weighted by Gasteiger charge is 2.53. The second kappa shape index (κ2) is 6.13. The maximum absolute atomic E-state index is 13.4. The van der Waals surface area contributed by atoms with Gasteiger partial charge in [0, 0.05) is 36.1 Å². The fourth-order valence-electron chi connectivity index (χ4n) is 4.62. The highest BCUT2D eigenvalue weighted by Crippen LogP contribution is 2.54. The van der Waals surface area contributed by atoms with Crippen molar-refractivity contribution in [3.05, 3.63) is 90.4 Å². The summed E-state index contributed by atoms with van der Waals surface area (Å²) < 4.78 is 2.06. The number of carbonyl (C=O) groups excluding carboxylic acids is 1. The van der Waals surface area contributed by atoms with Crippen LogP contribution in [0.3, 0.4) is 0 Å². The zero-order valence-electron chi connectivity index (χ0n) is 16.6. The van der Waals surface area contributed by atoms with Gasteiger partial charge in [0.1, 0.15) is 5.69 Å². The van der Waals surface area contributed by atoms with Gasteiger partial charge in [0.15, 0.2) is 0 Å². The Kier molecular flexibility index (Phi) is 3.51. The normalized spacial score (nSPS) is 16.2. The van der Waals surface area contributed by atoms with Crippen LogP contribution in [0.5, 0.6) is 0 Å². The fraction of sp³-hybridized carbons (Fsp3) is 0.160. The molecule has 4 aromatic rings. The van der Waals surface area contributed by atoms with Crippen molar-refractivity contribution < 1.29 is 4.79 Å². The molecule has 0 radical (unpaired) electrons. The average molecular weight is 392 g/mol. The molecule has 0 bridgehead atoms. The Bertz CT molecular complexity index is 1270.